The number of sulfonamides is 1. The maximum Gasteiger partial charge on any atom is 0.243 e. The molecule has 0 N–H and O–H groups in total. The molecule has 8 heteroatoms. The number of hydrogen-bond donors (Lipinski definition) is 0. The van der Waals surface area contributed by atoms with Crippen LogP contribution in [-0.2, 0) is 10.0 Å². The molecule has 2 unspecified atom stereocenters. The molecular formula is C15H17BrN4O2S. The minimum absolute atomic E-state index is 0.0402. The topological polar surface area (TPSA) is 68.1 Å². The zero-order chi connectivity index (χ0) is 16.0. The Morgan fingerprint density at radius 2 is 1.52 bits per heavy atom. The van der Waals surface area contributed by atoms with Crippen molar-refractivity contribution in [3.05, 3.63) is 41.1 Å². The number of aromatic nitrogens is 3. The first kappa shape index (κ1) is 15.3. The molecule has 0 saturated carbocycles. The quantitative estimate of drug-likeness (QED) is 0.799. The first-order chi connectivity index (χ1) is 11.1. The molecule has 2 fully saturated rings. The molecule has 0 spiro atoms. The van der Waals surface area contributed by atoms with Gasteiger partial charge in [0.05, 0.1) is 23.3 Å². The molecule has 4 rings (SSSR count). The fourth-order valence-corrected chi connectivity index (χ4v) is 5.98. The lowest BCUT2D eigenvalue weighted by Gasteiger charge is -2.37. The first-order valence-corrected chi connectivity index (χ1v) is 9.94. The van der Waals surface area contributed by atoms with Crippen LogP contribution < -0.4 is 0 Å². The van der Waals surface area contributed by atoms with Gasteiger partial charge in [-0.3, -0.25) is 0 Å². The smallest absolute Gasteiger partial charge is 0.207 e. The standard InChI is InChI=1S/C15H17BrN4O2S/c16-11-1-5-15(6-2-11)23(21,22)19-12-3-4-13(19)10-14(9-12)20-17-7-8-18-20/h1-2,5-8,12-14H,3-4,9-10H2. The van der Waals surface area contributed by atoms with Gasteiger partial charge in [-0.15, -0.1) is 0 Å². The largest absolute Gasteiger partial charge is 0.243 e. The summed E-state index contributed by atoms with van der Waals surface area (Å²) in [4.78, 5) is 2.10. The Balaban J connectivity index is 1.62. The molecule has 0 aliphatic carbocycles. The van der Waals surface area contributed by atoms with Crippen LogP contribution in [-0.4, -0.2) is 39.8 Å². The summed E-state index contributed by atoms with van der Waals surface area (Å²) in [6, 6.07) is 7.15. The van der Waals surface area contributed by atoms with Gasteiger partial charge in [-0.2, -0.15) is 19.3 Å². The molecule has 23 heavy (non-hydrogen) atoms. The highest BCUT2D eigenvalue weighted by atomic mass is 79.9. The normalized spacial score (nSPS) is 28.1. The minimum atomic E-state index is -3.44. The van der Waals surface area contributed by atoms with E-state index >= 15 is 0 Å². The molecule has 2 saturated heterocycles. The number of hydrogen-bond acceptors (Lipinski definition) is 4. The van der Waals surface area contributed by atoms with Crippen molar-refractivity contribution >= 4 is 26.0 Å². The predicted molar refractivity (Wildman–Crippen MR) is 88.3 cm³/mol. The fraction of sp³-hybridized carbons (Fsp3) is 0.467. The summed E-state index contributed by atoms with van der Waals surface area (Å²) in [6.45, 7) is 0. The zero-order valence-corrected chi connectivity index (χ0v) is 14.8. The highest BCUT2D eigenvalue weighted by molar-refractivity contribution is 9.10. The molecule has 2 aromatic rings. The molecule has 0 radical (unpaired) electrons. The van der Waals surface area contributed by atoms with Gasteiger partial charge in [-0.25, -0.2) is 8.42 Å². The average molecular weight is 397 g/mol. The van der Waals surface area contributed by atoms with Crippen molar-refractivity contribution in [3.8, 4) is 0 Å². The van der Waals surface area contributed by atoms with Crippen molar-refractivity contribution in [3.63, 3.8) is 0 Å². The SMILES string of the molecule is O=S(=O)(c1ccc(Br)cc1)N1C2CCC1CC(n1nccn1)C2. The maximum absolute atomic E-state index is 13.0. The van der Waals surface area contributed by atoms with Gasteiger partial charge in [0.15, 0.2) is 0 Å². The molecule has 0 amide bonds. The Morgan fingerprint density at radius 1 is 0.957 bits per heavy atom. The lowest BCUT2D eigenvalue weighted by atomic mass is 10.0. The molecular weight excluding hydrogens is 380 g/mol. The van der Waals surface area contributed by atoms with Crippen LogP contribution in [0, 0.1) is 0 Å². The van der Waals surface area contributed by atoms with E-state index in [0.717, 1.165) is 30.2 Å². The summed E-state index contributed by atoms with van der Waals surface area (Å²) in [5.74, 6) is 0. The maximum atomic E-state index is 13.0. The second-order valence-electron chi connectivity index (χ2n) is 6.15. The average Bonchev–Trinajstić information content (AvgIpc) is 3.15. The van der Waals surface area contributed by atoms with E-state index in [-0.39, 0.29) is 18.1 Å². The highest BCUT2D eigenvalue weighted by Gasteiger charge is 2.47. The molecule has 2 aliphatic rings. The lowest BCUT2D eigenvalue weighted by molar-refractivity contribution is 0.174. The molecule has 3 heterocycles. The molecule has 1 aromatic heterocycles. The van der Waals surface area contributed by atoms with Crippen LogP contribution in [0.5, 0.6) is 0 Å². The Hall–Kier alpha value is -1.25. The van der Waals surface area contributed by atoms with E-state index in [1.165, 1.54) is 0 Å². The Morgan fingerprint density at radius 3 is 2.09 bits per heavy atom. The van der Waals surface area contributed by atoms with Gasteiger partial charge in [-0.1, -0.05) is 15.9 Å². The van der Waals surface area contributed by atoms with Gasteiger partial charge >= 0.3 is 0 Å². The number of fused-ring (bicyclic) bond motifs is 2. The summed E-state index contributed by atoms with van der Waals surface area (Å²) in [5, 5.41) is 8.45. The second kappa shape index (κ2) is 5.68. The Labute approximate surface area is 143 Å². The van der Waals surface area contributed by atoms with Crippen LogP contribution in [0.3, 0.4) is 0 Å². The molecule has 2 atom stereocenters. The van der Waals surface area contributed by atoms with Crippen LogP contribution in [0.2, 0.25) is 0 Å². The number of benzene rings is 1. The van der Waals surface area contributed by atoms with Crippen LogP contribution in [0.1, 0.15) is 31.7 Å². The van der Waals surface area contributed by atoms with Crippen molar-refractivity contribution in [1.29, 1.82) is 0 Å². The fourth-order valence-electron chi connectivity index (χ4n) is 3.83. The second-order valence-corrected chi connectivity index (χ2v) is 8.91. The van der Waals surface area contributed by atoms with E-state index in [4.69, 9.17) is 0 Å². The minimum Gasteiger partial charge on any atom is -0.207 e. The van der Waals surface area contributed by atoms with Crippen LogP contribution >= 0.6 is 15.9 Å². The van der Waals surface area contributed by atoms with Crippen LogP contribution in [0.4, 0.5) is 0 Å². The van der Waals surface area contributed by atoms with E-state index in [1.807, 2.05) is 0 Å². The van der Waals surface area contributed by atoms with Crippen molar-refractivity contribution in [1.82, 2.24) is 19.3 Å². The Bertz CT molecular complexity index is 777. The van der Waals surface area contributed by atoms with E-state index in [9.17, 15) is 8.42 Å². The summed E-state index contributed by atoms with van der Waals surface area (Å²) in [5.41, 5.74) is 0. The number of nitrogens with zero attached hydrogens (tertiary/aromatic N) is 4. The van der Waals surface area contributed by atoms with Gasteiger partial charge in [0.1, 0.15) is 0 Å². The van der Waals surface area contributed by atoms with Gasteiger partial charge in [-0.05, 0) is 49.9 Å². The molecule has 6 nitrogen and oxygen atoms in total. The number of piperidine rings is 1. The van der Waals surface area contributed by atoms with E-state index < -0.39 is 10.0 Å². The van der Waals surface area contributed by atoms with Crippen molar-refractivity contribution in [2.45, 2.75) is 48.7 Å². The molecule has 122 valence electrons. The Kier molecular flexibility index (Phi) is 3.78. The third-order valence-electron chi connectivity index (χ3n) is 4.79. The third-order valence-corrected chi connectivity index (χ3v) is 7.34. The predicted octanol–water partition coefficient (Wildman–Crippen LogP) is 2.60. The van der Waals surface area contributed by atoms with Gasteiger partial charge in [0.2, 0.25) is 10.0 Å². The molecule has 1 aromatic carbocycles. The van der Waals surface area contributed by atoms with Gasteiger partial charge in [0.25, 0.3) is 0 Å². The molecule has 2 bridgehead atoms. The van der Waals surface area contributed by atoms with Gasteiger partial charge in [0, 0.05) is 16.6 Å². The zero-order valence-electron chi connectivity index (χ0n) is 12.4. The van der Waals surface area contributed by atoms with Crippen molar-refractivity contribution in [2.75, 3.05) is 0 Å². The third kappa shape index (κ3) is 2.62. The van der Waals surface area contributed by atoms with E-state index in [2.05, 4.69) is 26.1 Å². The van der Waals surface area contributed by atoms with E-state index in [1.54, 1.807) is 45.8 Å². The lowest BCUT2D eigenvalue weighted by Crippen LogP contribution is -2.47. The number of halogens is 1. The number of rotatable bonds is 3. The van der Waals surface area contributed by atoms with Crippen molar-refractivity contribution in [2.24, 2.45) is 0 Å². The molecule has 2 aliphatic heterocycles. The summed E-state index contributed by atoms with van der Waals surface area (Å²) in [7, 11) is -3.44. The summed E-state index contributed by atoms with van der Waals surface area (Å²) >= 11 is 3.35. The van der Waals surface area contributed by atoms with E-state index in [0.29, 0.717) is 4.90 Å². The van der Waals surface area contributed by atoms with Crippen molar-refractivity contribution < 1.29 is 8.42 Å². The summed E-state index contributed by atoms with van der Waals surface area (Å²) in [6.07, 6.45) is 6.73. The summed E-state index contributed by atoms with van der Waals surface area (Å²) < 4.78 is 28.7. The van der Waals surface area contributed by atoms with Crippen LogP contribution in [0.15, 0.2) is 46.0 Å². The monoisotopic (exact) mass is 396 g/mol. The highest BCUT2D eigenvalue weighted by Crippen LogP contribution is 2.43. The van der Waals surface area contributed by atoms with Crippen LogP contribution in [0.25, 0.3) is 0 Å². The first-order valence-electron chi connectivity index (χ1n) is 7.70. The van der Waals surface area contributed by atoms with Gasteiger partial charge < -0.3 is 0 Å².